The Morgan fingerprint density at radius 1 is 0.786 bits per heavy atom. The lowest BCUT2D eigenvalue weighted by atomic mass is 9.64. The van der Waals surface area contributed by atoms with Crippen LogP contribution in [0, 0.1) is 17.8 Å². The molecule has 70 heavy (non-hydrogen) atoms. The Morgan fingerprint density at radius 2 is 1.46 bits per heavy atom. The van der Waals surface area contributed by atoms with Gasteiger partial charge in [-0.2, -0.15) is 0 Å². The summed E-state index contributed by atoms with van der Waals surface area (Å²) in [6, 6.07) is 37.4. The van der Waals surface area contributed by atoms with Crippen LogP contribution in [-0.4, -0.2) is 71.1 Å². The molecule has 0 aromatic heterocycles. The Hall–Kier alpha value is -7.00. The van der Waals surface area contributed by atoms with Crippen molar-refractivity contribution >= 4 is 29.5 Å². The Bertz CT molecular complexity index is 2820. The molecule has 2 N–H and O–H groups in total. The van der Waals surface area contributed by atoms with E-state index in [9.17, 15) is 5.11 Å². The number of para-hydroxylation sites is 1. The molecule has 11 heteroatoms. The third-order valence-electron chi connectivity index (χ3n) is 15.0. The molecule has 7 atom stereocenters. The van der Waals surface area contributed by atoms with Gasteiger partial charge >= 0.3 is 12.0 Å². The number of allylic oxidation sites excluding steroid dienone is 2. The maximum Gasteiger partial charge on any atom is 0.329 e. The molecule has 5 aliphatic rings. The van der Waals surface area contributed by atoms with Crippen molar-refractivity contribution in [2.45, 2.75) is 100 Å². The number of ether oxygens (including phenoxy) is 2. The van der Waals surface area contributed by atoms with Gasteiger partial charge in [-0.1, -0.05) is 146 Å². The topological polar surface area (TPSA) is 129 Å². The molecule has 3 saturated heterocycles. The molecule has 1 spiro atoms. The number of amides is 4. The zero-order valence-electron chi connectivity index (χ0n) is 39.7. The molecule has 0 unspecified atom stereocenters. The first-order valence-corrected chi connectivity index (χ1v) is 25.1. The molecule has 358 valence electrons. The maximum atomic E-state index is 16.9. The first kappa shape index (κ1) is 46.7. The normalized spacial score (nSPS) is 24.8. The van der Waals surface area contributed by atoms with Gasteiger partial charge in [0.25, 0.3) is 0 Å². The van der Waals surface area contributed by atoms with Crippen LogP contribution in [0.1, 0.15) is 122 Å². The van der Waals surface area contributed by atoms with Gasteiger partial charge in [0.15, 0.2) is 0 Å². The predicted molar refractivity (Wildman–Crippen MR) is 267 cm³/mol. The lowest BCUT2D eigenvalue weighted by Gasteiger charge is -2.46. The number of esters is 1. The number of carbonyl (C=O) groups is 4. The van der Waals surface area contributed by atoms with Crippen LogP contribution < -0.4 is 15.0 Å². The fourth-order valence-corrected chi connectivity index (χ4v) is 11.8. The van der Waals surface area contributed by atoms with E-state index in [1.165, 1.54) is 4.90 Å². The highest BCUT2D eigenvalue weighted by Crippen LogP contribution is 2.67. The predicted octanol–water partition coefficient (Wildman–Crippen LogP) is 9.84. The highest BCUT2D eigenvalue weighted by atomic mass is 16.6. The molecule has 4 aliphatic heterocycles. The first-order chi connectivity index (χ1) is 34.3. The Morgan fingerprint density at radius 3 is 2.16 bits per heavy atom. The number of urea groups is 1. The third-order valence-corrected chi connectivity index (χ3v) is 15.0. The number of rotatable bonds is 9. The highest BCUT2D eigenvalue weighted by Gasteiger charge is 2.76. The average Bonchev–Trinajstić information content (AvgIpc) is 3.84. The standard InChI is InChI=1S/C59H60N4O7/c1-40(43-23-11-6-12-24-43)60-58(68)62-48-34-33-42(32-31-41-21-9-5-10-22-41)39-47(48)59(57(62)67)50(55(65)61-35-19-3-2-4-20-36-61)52-56(66)70-53(45-27-15-8-16-28-45)51(44-25-13-7-14-26-44)63(52)54(59)46-29-17-18-30-49(46)69-38-37-64/h6-8,11-18,21,23-30,33-34,39-40,50-54,64H,2-5,9-10,19-20,22,35-38H2,1H3,(H,60,68)/t40-,50-,51-,52-,53+,54+,59-/m1/s1. The van der Waals surface area contributed by atoms with Gasteiger partial charge in [0.1, 0.15) is 29.9 Å². The molecule has 1 aliphatic carbocycles. The second kappa shape index (κ2) is 20.5. The average molecular weight is 937 g/mol. The third kappa shape index (κ3) is 8.58. The van der Waals surface area contributed by atoms with E-state index in [2.05, 4.69) is 23.2 Å². The number of cyclic esters (lactones) is 1. The number of anilines is 1. The number of morpholine rings is 1. The number of carbonyl (C=O) groups excluding carboxylic acids is 4. The molecule has 11 nitrogen and oxygen atoms in total. The van der Waals surface area contributed by atoms with Crippen LogP contribution in [0.5, 0.6) is 5.75 Å². The van der Waals surface area contributed by atoms with Crippen LogP contribution in [0.4, 0.5) is 10.5 Å². The van der Waals surface area contributed by atoms with E-state index in [1.807, 2.05) is 138 Å². The van der Waals surface area contributed by atoms with Gasteiger partial charge in [0.2, 0.25) is 11.8 Å². The van der Waals surface area contributed by atoms with Crippen molar-refractivity contribution in [2.24, 2.45) is 5.92 Å². The molecule has 0 radical (unpaired) electrons. The molecule has 5 aromatic rings. The SMILES string of the molecule is C[C@@H](NC(=O)N1C(=O)[C@@]2(c3cc(C#CC4=CCCCC4)ccc31)[C@H](c1ccccc1OCCO)N1[C@H](c3ccccc3)[C@H](c3ccccc3)OC(=O)[C@H]1[C@@H]2C(=O)N1CCCCCCC1)c1ccccc1. The Kier molecular flexibility index (Phi) is 13.7. The summed E-state index contributed by atoms with van der Waals surface area (Å²) in [6.07, 6.45) is 9.76. The molecule has 3 fully saturated rings. The number of aliphatic hydroxyl groups excluding tert-OH is 1. The monoisotopic (exact) mass is 936 g/mol. The van der Waals surface area contributed by atoms with E-state index in [0.717, 1.165) is 80.1 Å². The van der Waals surface area contributed by atoms with Gasteiger partial charge in [-0.3, -0.25) is 19.3 Å². The van der Waals surface area contributed by atoms with Crippen LogP contribution in [-0.2, 0) is 24.5 Å². The zero-order chi connectivity index (χ0) is 48.2. The summed E-state index contributed by atoms with van der Waals surface area (Å²) >= 11 is 0. The van der Waals surface area contributed by atoms with Crippen LogP contribution in [0.15, 0.2) is 145 Å². The number of nitrogens with zero attached hydrogens (tertiary/aromatic N) is 3. The smallest absolute Gasteiger partial charge is 0.329 e. The zero-order valence-corrected chi connectivity index (χ0v) is 39.7. The number of likely N-dealkylation sites (tertiary alicyclic amines) is 1. The van der Waals surface area contributed by atoms with Gasteiger partial charge in [0.05, 0.1) is 36.3 Å². The van der Waals surface area contributed by atoms with Crippen molar-refractivity contribution in [3.05, 3.63) is 178 Å². The molecule has 4 amide bonds. The number of hydrogen-bond donors (Lipinski definition) is 2. The van der Waals surface area contributed by atoms with Gasteiger partial charge in [-0.15, -0.1) is 0 Å². The summed E-state index contributed by atoms with van der Waals surface area (Å²) in [6.45, 7) is 2.43. The summed E-state index contributed by atoms with van der Waals surface area (Å²) < 4.78 is 13.1. The summed E-state index contributed by atoms with van der Waals surface area (Å²) in [7, 11) is 0. The van der Waals surface area contributed by atoms with Crippen LogP contribution in [0.25, 0.3) is 0 Å². The van der Waals surface area contributed by atoms with Crippen molar-refractivity contribution < 1.29 is 33.8 Å². The van der Waals surface area contributed by atoms with E-state index in [1.54, 1.807) is 12.1 Å². The van der Waals surface area contributed by atoms with Crippen LogP contribution >= 0.6 is 0 Å². The second-order valence-corrected chi connectivity index (χ2v) is 19.1. The minimum absolute atomic E-state index is 0.0564. The summed E-state index contributed by atoms with van der Waals surface area (Å²) in [5.41, 5.74) is 3.33. The van der Waals surface area contributed by atoms with Crippen molar-refractivity contribution in [3.63, 3.8) is 0 Å². The van der Waals surface area contributed by atoms with Crippen LogP contribution in [0.3, 0.4) is 0 Å². The number of imide groups is 1. The van der Waals surface area contributed by atoms with Crippen molar-refractivity contribution in [2.75, 3.05) is 31.2 Å². The largest absolute Gasteiger partial charge is 0.491 e. The Labute approximate surface area is 410 Å². The number of benzene rings is 5. The van der Waals surface area contributed by atoms with Gasteiger partial charge in [-0.05, 0) is 97.5 Å². The van der Waals surface area contributed by atoms with Crippen molar-refractivity contribution in [3.8, 4) is 17.6 Å². The highest BCUT2D eigenvalue weighted by molar-refractivity contribution is 6.24. The van der Waals surface area contributed by atoms with E-state index in [0.29, 0.717) is 41.2 Å². The molecular formula is C59H60N4O7. The first-order valence-electron chi connectivity index (χ1n) is 25.1. The maximum absolute atomic E-state index is 16.9. The minimum atomic E-state index is -1.95. The Balaban J connectivity index is 1.28. The van der Waals surface area contributed by atoms with E-state index < -0.39 is 59.5 Å². The fraction of sp³-hybridized carbons (Fsp3) is 0.356. The summed E-state index contributed by atoms with van der Waals surface area (Å²) in [4.78, 5) is 69.4. The lowest BCUT2D eigenvalue weighted by molar-refractivity contribution is -0.179. The van der Waals surface area contributed by atoms with E-state index in [-0.39, 0.29) is 19.1 Å². The molecule has 0 bridgehead atoms. The van der Waals surface area contributed by atoms with Crippen LogP contribution in [0.2, 0.25) is 0 Å². The van der Waals surface area contributed by atoms with E-state index >= 15 is 19.2 Å². The fourth-order valence-electron chi connectivity index (χ4n) is 11.8. The number of aliphatic hydroxyl groups is 1. The van der Waals surface area contributed by atoms with E-state index in [4.69, 9.17) is 9.47 Å². The molecule has 10 rings (SSSR count). The van der Waals surface area contributed by atoms with Crippen molar-refractivity contribution in [1.82, 2.24) is 15.1 Å². The van der Waals surface area contributed by atoms with Gasteiger partial charge < -0.3 is 24.8 Å². The lowest BCUT2D eigenvalue weighted by Crippen LogP contribution is -2.57. The summed E-state index contributed by atoms with van der Waals surface area (Å²) in [5.74, 6) is 4.17. The quantitative estimate of drug-likeness (QED) is 0.111. The van der Waals surface area contributed by atoms with Crippen molar-refractivity contribution in [1.29, 1.82) is 0 Å². The van der Waals surface area contributed by atoms with Gasteiger partial charge in [-0.25, -0.2) is 9.69 Å². The number of nitrogens with one attached hydrogen (secondary N) is 1. The molecule has 0 saturated carbocycles. The molecule has 4 heterocycles. The van der Waals surface area contributed by atoms with Gasteiger partial charge in [0, 0.05) is 24.2 Å². The molecular weight excluding hydrogens is 877 g/mol. The second-order valence-electron chi connectivity index (χ2n) is 19.1. The number of hydrogen-bond acceptors (Lipinski definition) is 8. The minimum Gasteiger partial charge on any atom is -0.491 e. The number of fused-ring (bicyclic) bond motifs is 3. The molecule has 5 aromatic carbocycles. The summed E-state index contributed by atoms with van der Waals surface area (Å²) in [5, 5.41) is 13.3.